The first-order valence-corrected chi connectivity index (χ1v) is 20.9. The summed E-state index contributed by atoms with van der Waals surface area (Å²) in [4.78, 5) is 10.4. The molecule has 0 aliphatic carbocycles. The second kappa shape index (κ2) is 13.6. The van der Waals surface area contributed by atoms with Crippen molar-refractivity contribution in [1.29, 1.82) is 0 Å². The number of rotatable bonds is 5. The number of fused-ring (bicyclic) bond motifs is 8. The van der Waals surface area contributed by atoms with Crippen molar-refractivity contribution in [2.75, 3.05) is 0 Å². The number of aromatic nitrogens is 2. The van der Waals surface area contributed by atoms with Gasteiger partial charge in [-0.05, 0) is 95.7 Å². The Morgan fingerprint density at radius 3 is 1.78 bits per heavy atom. The number of nitrogens with zero attached hydrogens (tertiary/aromatic N) is 2. The van der Waals surface area contributed by atoms with Crippen LogP contribution in [0.4, 0.5) is 0 Å². The highest BCUT2D eigenvalue weighted by molar-refractivity contribution is 7.26. The van der Waals surface area contributed by atoms with Gasteiger partial charge in [0.1, 0.15) is 0 Å². The van der Waals surface area contributed by atoms with Crippen LogP contribution in [0.5, 0.6) is 0 Å². The van der Waals surface area contributed by atoms with E-state index in [0.29, 0.717) is 0 Å². The van der Waals surface area contributed by atoms with Crippen LogP contribution < -0.4 is 0 Å². The third kappa shape index (κ3) is 5.70. The van der Waals surface area contributed by atoms with Gasteiger partial charge in [-0.15, -0.1) is 11.3 Å². The minimum Gasteiger partial charge on any atom is -0.228 e. The summed E-state index contributed by atoms with van der Waals surface area (Å²) in [5, 5.41) is 12.5. The summed E-state index contributed by atoms with van der Waals surface area (Å²) in [6.45, 7) is 0. The average Bonchev–Trinajstić information content (AvgIpc) is 3.70. The topological polar surface area (TPSA) is 25.8 Å². The van der Waals surface area contributed by atoms with Crippen LogP contribution in [0.1, 0.15) is 0 Å². The van der Waals surface area contributed by atoms with Gasteiger partial charge < -0.3 is 0 Å². The van der Waals surface area contributed by atoms with Crippen molar-refractivity contribution in [3.05, 3.63) is 206 Å². The molecule has 0 amide bonds. The molecular weight excluding hydrogens is 733 g/mol. The summed E-state index contributed by atoms with van der Waals surface area (Å²) in [6.07, 6.45) is 0. The van der Waals surface area contributed by atoms with Crippen LogP contribution in [-0.4, -0.2) is 9.97 Å². The van der Waals surface area contributed by atoms with Crippen molar-refractivity contribution in [2.45, 2.75) is 0 Å². The third-order valence-corrected chi connectivity index (χ3v) is 13.1. The normalized spacial score (nSPS) is 11.7. The highest BCUT2D eigenvalue weighted by atomic mass is 32.1. The number of hydrogen-bond donors (Lipinski definition) is 0. The predicted octanol–water partition coefficient (Wildman–Crippen LogP) is 15.8. The highest BCUT2D eigenvalue weighted by Gasteiger charge is 2.16. The Balaban J connectivity index is 0.926. The van der Waals surface area contributed by atoms with E-state index in [9.17, 15) is 0 Å². The van der Waals surface area contributed by atoms with E-state index in [-0.39, 0.29) is 0 Å². The monoisotopic (exact) mass is 766 g/mol. The molecule has 0 unspecified atom stereocenters. The van der Waals surface area contributed by atoms with E-state index >= 15 is 0 Å². The Bertz CT molecular complexity index is 3600. The van der Waals surface area contributed by atoms with Gasteiger partial charge in [0.25, 0.3) is 0 Å². The molecular formula is C56H34N2S. The summed E-state index contributed by atoms with van der Waals surface area (Å²) in [6, 6.07) is 74.6. The van der Waals surface area contributed by atoms with Gasteiger partial charge in [0.2, 0.25) is 0 Å². The Kier molecular flexibility index (Phi) is 7.75. The maximum absolute atomic E-state index is 5.19. The lowest BCUT2D eigenvalue weighted by Crippen LogP contribution is -1.96. The molecule has 2 nitrogen and oxygen atoms in total. The van der Waals surface area contributed by atoms with Crippen LogP contribution in [0.15, 0.2) is 206 Å². The van der Waals surface area contributed by atoms with Crippen LogP contribution in [0.3, 0.4) is 0 Å². The lowest BCUT2D eigenvalue weighted by Gasteiger charge is -2.14. The summed E-state index contributed by atoms with van der Waals surface area (Å²) in [5.74, 6) is 0.722. The van der Waals surface area contributed by atoms with Gasteiger partial charge in [-0.1, -0.05) is 176 Å². The lowest BCUT2D eigenvalue weighted by atomic mass is 9.89. The molecule has 0 saturated carbocycles. The van der Waals surface area contributed by atoms with Crippen molar-refractivity contribution in [3.8, 4) is 56.2 Å². The van der Waals surface area contributed by atoms with Gasteiger partial charge in [-0.2, -0.15) is 0 Å². The van der Waals surface area contributed by atoms with Gasteiger partial charge >= 0.3 is 0 Å². The SMILES string of the molecule is c1ccc(-c2nc(-c3ccc4cc(-c5ccc(-c6c7ccccc7cc7c6ccc6ccccc67)cc5)ccc4c3)cc(-c3cccc4c3sc3ccccc34)n2)cc1. The highest BCUT2D eigenvalue weighted by Crippen LogP contribution is 2.42. The van der Waals surface area contributed by atoms with E-state index in [1.54, 1.807) is 0 Å². The molecule has 0 spiro atoms. The average molecular weight is 767 g/mol. The summed E-state index contributed by atoms with van der Waals surface area (Å²) in [5.41, 5.74) is 9.91. The van der Waals surface area contributed by atoms with Gasteiger partial charge in [0.05, 0.1) is 11.4 Å². The largest absolute Gasteiger partial charge is 0.228 e. The second-order valence-electron chi connectivity index (χ2n) is 15.3. The molecule has 0 aliphatic heterocycles. The van der Waals surface area contributed by atoms with Crippen LogP contribution in [-0.2, 0) is 0 Å². The zero-order valence-electron chi connectivity index (χ0n) is 31.9. The molecule has 10 aromatic carbocycles. The Hall–Kier alpha value is -7.46. The first-order chi connectivity index (χ1) is 29.2. The fraction of sp³-hybridized carbons (Fsp3) is 0. The minimum atomic E-state index is 0.722. The van der Waals surface area contributed by atoms with E-state index in [1.807, 2.05) is 29.5 Å². The molecule has 12 rings (SSSR count). The van der Waals surface area contributed by atoms with E-state index in [0.717, 1.165) is 33.9 Å². The van der Waals surface area contributed by atoms with Crippen molar-refractivity contribution >= 4 is 74.6 Å². The minimum absolute atomic E-state index is 0.722. The second-order valence-corrected chi connectivity index (χ2v) is 16.4. The zero-order chi connectivity index (χ0) is 38.9. The van der Waals surface area contributed by atoms with Gasteiger partial charge in [-0.3, -0.25) is 0 Å². The molecule has 2 heterocycles. The standard InChI is InChI=1S/C56H34N2S/c1-2-12-38(13-3-1)56-57-51(34-52(58-56)49-19-10-18-48-46-17-8-9-20-53(46)59-55(48)49)43-28-27-40-31-39(25-26-41(40)32-43)35-21-23-37(24-22-35)54-45-16-7-5-14-42(45)33-50-44-15-6-4-11-36(44)29-30-47(50)54/h1-34H. The molecule has 274 valence electrons. The van der Waals surface area contributed by atoms with Gasteiger partial charge in [0, 0.05) is 36.9 Å². The third-order valence-electron chi connectivity index (χ3n) is 11.9. The van der Waals surface area contributed by atoms with Crippen molar-refractivity contribution in [2.24, 2.45) is 0 Å². The predicted molar refractivity (Wildman–Crippen MR) is 252 cm³/mol. The molecule has 0 radical (unpaired) electrons. The van der Waals surface area contributed by atoms with Crippen LogP contribution in [0.25, 0.3) is 119 Å². The summed E-state index contributed by atoms with van der Waals surface area (Å²) < 4.78 is 2.53. The van der Waals surface area contributed by atoms with Crippen molar-refractivity contribution < 1.29 is 0 Å². The van der Waals surface area contributed by atoms with Crippen molar-refractivity contribution in [1.82, 2.24) is 9.97 Å². The van der Waals surface area contributed by atoms with E-state index in [1.165, 1.54) is 85.5 Å². The first-order valence-electron chi connectivity index (χ1n) is 20.1. The fourth-order valence-corrected chi connectivity index (χ4v) is 10.2. The molecule has 0 bridgehead atoms. The Morgan fingerprint density at radius 1 is 0.305 bits per heavy atom. The Labute approximate surface area is 345 Å². The van der Waals surface area contributed by atoms with Crippen LogP contribution in [0, 0.1) is 0 Å². The summed E-state index contributed by atoms with van der Waals surface area (Å²) >= 11 is 1.83. The number of thiophene rings is 1. The lowest BCUT2D eigenvalue weighted by molar-refractivity contribution is 1.19. The maximum Gasteiger partial charge on any atom is 0.160 e. The zero-order valence-corrected chi connectivity index (χ0v) is 32.7. The van der Waals surface area contributed by atoms with E-state index in [4.69, 9.17) is 9.97 Å². The molecule has 12 aromatic rings. The maximum atomic E-state index is 5.19. The molecule has 2 aromatic heterocycles. The van der Waals surface area contributed by atoms with E-state index in [2.05, 4.69) is 188 Å². The van der Waals surface area contributed by atoms with Crippen LogP contribution in [0.2, 0.25) is 0 Å². The van der Waals surface area contributed by atoms with Gasteiger partial charge in [0.15, 0.2) is 5.82 Å². The molecule has 0 atom stereocenters. The van der Waals surface area contributed by atoms with Gasteiger partial charge in [-0.25, -0.2) is 9.97 Å². The number of hydrogen-bond acceptors (Lipinski definition) is 3. The fourth-order valence-electron chi connectivity index (χ4n) is 8.94. The molecule has 0 N–H and O–H groups in total. The quantitative estimate of drug-likeness (QED) is 0.129. The Morgan fingerprint density at radius 2 is 0.932 bits per heavy atom. The number of benzene rings is 10. The molecule has 0 saturated heterocycles. The summed E-state index contributed by atoms with van der Waals surface area (Å²) in [7, 11) is 0. The smallest absolute Gasteiger partial charge is 0.160 e. The van der Waals surface area contributed by atoms with Crippen LogP contribution >= 0.6 is 11.3 Å². The molecule has 0 aliphatic rings. The molecule has 3 heteroatoms. The molecule has 59 heavy (non-hydrogen) atoms. The molecule has 0 fully saturated rings. The first kappa shape index (κ1) is 33.7. The van der Waals surface area contributed by atoms with Crippen molar-refractivity contribution in [3.63, 3.8) is 0 Å². The van der Waals surface area contributed by atoms with E-state index < -0.39 is 0 Å².